The summed E-state index contributed by atoms with van der Waals surface area (Å²) >= 11 is 1.59. The molecule has 112 valence electrons. The minimum atomic E-state index is -0.0365. The van der Waals surface area contributed by atoms with E-state index < -0.39 is 0 Å². The molecule has 0 atom stereocenters. The molecule has 1 aromatic heterocycles. The summed E-state index contributed by atoms with van der Waals surface area (Å²) in [5.74, 6) is 0.707. The van der Waals surface area contributed by atoms with Crippen LogP contribution < -0.4 is 10.1 Å². The van der Waals surface area contributed by atoms with Gasteiger partial charge in [0.2, 0.25) is 0 Å². The van der Waals surface area contributed by atoms with Crippen molar-refractivity contribution in [2.45, 2.75) is 33.3 Å². The first-order chi connectivity index (χ1) is 10.2. The topological polar surface area (TPSA) is 51.2 Å². The van der Waals surface area contributed by atoms with Crippen LogP contribution in [0.1, 0.15) is 40.8 Å². The molecule has 0 saturated carbocycles. The summed E-state index contributed by atoms with van der Waals surface area (Å²) in [5, 5.41) is 5.85. The Labute approximate surface area is 129 Å². The third-order valence-corrected chi connectivity index (χ3v) is 3.90. The Kier molecular flexibility index (Phi) is 5.75. The maximum Gasteiger partial charge on any atom is 0.251 e. The second-order valence-corrected chi connectivity index (χ2v) is 5.75. The van der Waals surface area contributed by atoms with E-state index in [1.165, 1.54) is 0 Å². The number of rotatable bonds is 7. The van der Waals surface area contributed by atoms with Crippen molar-refractivity contribution >= 4 is 17.2 Å². The average Bonchev–Trinajstić information content (AvgIpc) is 2.91. The molecule has 0 fully saturated rings. The lowest BCUT2D eigenvalue weighted by atomic mass is 10.2. The number of nitrogens with one attached hydrogen (secondary N) is 1. The van der Waals surface area contributed by atoms with Crippen LogP contribution in [0.2, 0.25) is 0 Å². The summed E-state index contributed by atoms with van der Waals surface area (Å²) in [6.45, 7) is 5.24. The first-order valence-corrected chi connectivity index (χ1v) is 7.99. The maximum absolute atomic E-state index is 11.9. The van der Waals surface area contributed by atoms with Crippen LogP contribution in [-0.2, 0) is 6.61 Å². The molecule has 0 saturated heterocycles. The highest BCUT2D eigenvalue weighted by atomic mass is 32.1. The van der Waals surface area contributed by atoms with Crippen molar-refractivity contribution in [3.8, 4) is 5.75 Å². The second-order valence-electron chi connectivity index (χ2n) is 4.81. The zero-order valence-electron chi connectivity index (χ0n) is 12.4. The van der Waals surface area contributed by atoms with Gasteiger partial charge in [-0.3, -0.25) is 4.79 Å². The minimum Gasteiger partial charge on any atom is -0.486 e. The van der Waals surface area contributed by atoms with Crippen LogP contribution in [0.4, 0.5) is 0 Å². The number of nitrogens with zero attached hydrogens (tertiary/aromatic N) is 1. The molecule has 0 aliphatic rings. The standard InChI is InChI=1S/C16H20N2O2S/c1-3-4-9-17-16(19)13-5-7-14(8-6-13)20-10-15-18-12(2)11-21-15/h5-8,11H,3-4,9-10H2,1-2H3,(H,17,19). The Bertz CT molecular complexity index is 578. The summed E-state index contributed by atoms with van der Waals surface area (Å²) in [6, 6.07) is 7.19. The molecule has 1 amide bonds. The first kappa shape index (κ1) is 15.5. The van der Waals surface area contributed by atoms with E-state index in [9.17, 15) is 4.79 Å². The van der Waals surface area contributed by atoms with Crippen LogP contribution in [0.3, 0.4) is 0 Å². The predicted octanol–water partition coefficient (Wildman–Crippen LogP) is 3.56. The number of hydrogen-bond acceptors (Lipinski definition) is 4. The van der Waals surface area contributed by atoms with Gasteiger partial charge in [-0.25, -0.2) is 4.98 Å². The van der Waals surface area contributed by atoms with Gasteiger partial charge in [0, 0.05) is 23.2 Å². The van der Waals surface area contributed by atoms with Crippen molar-refractivity contribution < 1.29 is 9.53 Å². The molecule has 0 bridgehead atoms. The van der Waals surface area contributed by atoms with Crippen LogP contribution in [0.25, 0.3) is 0 Å². The smallest absolute Gasteiger partial charge is 0.251 e. The van der Waals surface area contributed by atoms with E-state index >= 15 is 0 Å². The van der Waals surface area contributed by atoms with Gasteiger partial charge in [0.25, 0.3) is 5.91 Å². The summed E-state index contributed by atoms with van der Waals surface area (Å²) < 4.78 is 5.65. The third kappa shape index (κ3) is 4.86. The number of aryl methyl sites for hydroxylation is 1. The van der Waals surface area contributed by atoms with Gasteiger partial charge in [-0.15, -0.1) is 11.3 Å². The Morgan fingerprint density at radius 1 is 1.33 bits per heavy atom. The fraction of sp³-hybridized carbons (Fsp3) is 0.375. The van der Waals surface area contributed by atoms with Gasteiger partial charge in [0.15, 0.2) is 0 Å². The average molecular weight is 304 g/mol. The fourth-order valence-corrected chi connectivity index (χ4v) is 2.48. The van der Waals surface area contributed by atoms with Crippen molar-refractivity contribution in [2.75, 3.05) is 6.54 Å². The lowest BCUT2D eigenvalue weighted by Gasteiger charge is -2.06. The fourth-order valence-electron chi connectivity index (χ4n) is 1.80. The van der Waals surface area contributed by atoms with Crippen molar-refractivity contribution in [1.82, 2.24) is 10.3 Å². The Hall–Kier alpha value is -1.88. The zero-order chi connectivity index (χ0) is 15.1. The highest BCUT2D eigenvalue weighted by Crippen LogP contribution is 2.16. The molecule has 2 aromatic rings. The Morgan fingerprint density at radius 3 is 2.71 bits per heavy atom. The quantitative estimate of drug-likeness (QED) is 0.796. The van der Waals surface area contributed by atoms with Gasteiger partial charge >= 0.3 is 0 Å². The molecule has 2 rings (SSSR count). The highest BCUT2D eigenvalue weighted by Gasteiger charge is 2.05. The summed E-state index contributed by atoms with van der Waals surface area (Å²) in [5.41, 5.74) is 1.67. The van der Waals surface area contributed by atoms with Crippen LogP contribution in [0.5, 0.6) is 5.75 Å². The molecule has 0 aliphatic heterocycles. The zero-order valence-corrected chi connectivity index (χ0v) is 13.2. The van der Waals surface area contributed by atoms with E-state index in [2.05, 4.69) is 17.2 Å². The number of aromatic nitrogens is 1. The number of ether oxygens (including phenoxy) is 1. The van der Waals surface area contributed by atoms with Gasteiger partial charge in [0.05, 0.1) is 0 Å². The highest BCUT2D eigenvalue weighted by molar-refractivity contribution is 7.09. The molecule has 0 spiro atoms. The van der Waals surface area contributed by atoms with Crippen LogP contribution in [0.15, 0.2) is 29.6 Å². The Balaban J connectivity index is 1.85. The molecule has 5 heteroatoms. The number of carbonyl (C=O) groups excluding carboxylic acids is 1. The van der Waals surface area contributed by atoms with Crippen LogP contribution >= 0.6 is 11.3 Å². The van der Waals surface area contributed by atoms with Gasteiger partial charge in [0.1, 0.15) is 17.4 Å². The predicted molar refractivity (Wildman–Crippen MR) is 84.9 cm³/mol. The monoisotopic (exact) mass is 304 g/mol. The summed E-state index contributed by atoms with van der Waals surface area (Å²) in [6.07, 6.45) is 2.07. The second kappa shape index (κ2) is 7.78. The van der Waals surface area contributed by atoms with Crippen molar-refractivity contribution in [1.29, 1.82) is 0 Å². The molecule has 0 aliphatic carbocycles. The minimum absolute atomic E-state index is 0.0365. The Morgan fingerprint density at radius 2 is 2.10 bits per heavy atom. The number of thiazole rings is 1. The van der Waals surface area contributed by atoms with Crippen molar-refractivity contribution in [2.24, 2.45) is 0 Å². The SMILES string of the molecule is CCCCNC(=O)c1ccc(OCc2nc(C)cs2)cc1. The summed E-state index contributed by atoms with van der Waals surface area (Å²) in [4.78, 5) is 16.2. The van der Waals surface area contributed by atoms with E-state index in [0.717, 1.165) is 35.8 Å². The van der Waals surface area contributed by atoms with E-state index in [1.807, 2.05) is 24.4 Å². The van der Waals surface area contributed by atoms with E-state index in [4.69, 9.17) is 4.74 Å². The number of benzene rings is 1. The summed E-state index contributed by atoms with van der Waals surface area (Å²) in [7, 11) is 0. The lowest BCUT2D eigenvalue weighted by molar-refractivity contribution is 0.0953. The first-order valence-electron chi connectivity index (χ1n) is 7.11. The van der Waals surface area contributed by atoms with Gasteiger partial charge < -0.3 is 10.1 Å². The molecule has 1 N–H and O–H groups in total. The van der Waals surface area contributed by atoms with Gasteiger partial charge in [-0.05, 0) is 37.6 Å². The van der Waals surface area contributed by atoms with E-state index in [-0.39, 0.29) is 5.91 Å². The normalized spacial score (nSPS) is 10.4. The number of amides is 1. The molecular weight excluding hydrogens is 284 g/mol. The lowest BCUT2D eigenvalue weighted by Crippen LogP contribution is -2.24. The molecule has 21 heavy (non-hydrogen) atoms. The molecule has 1 aromatic carbocycles. The number of unbranched alkanes of at least 4 members (excludes halogenated alkanes) is 1. The molecule has 0 unspecified atom stereocenters. The number of hydrogen-bond donors (Lipinski definition) is 1. The van der Waals surface area contributed by atoms with E-state index in [0.29, 0.717) is 12.2 Å². The third-order valence-electron chi connectivity index (χ3n) is 2.96. The van der Waals surface area contributed by atoms with Gasteiger partial charge in [-0.2, -0.15) is 0 Å². The molecule has 1 heterocycles. The maximum atomic E-state index is 11.9. The largest absolute Gasteiger partial charge is 0.486 e. The number of carbonyl (C=O) groups is 1. The molecular formula is C16H20N2O2S. The van der Waals surface area contributed by atoms with Crippen LogP contribution in [0, 0.1) is 6.92 Å². The van der Waals surface area contributed by atoms with E-state index in [1.54, 1.807) is 23.5 Å². The van der Waals surface area contributed by atoms with Crippen molar-refractivity contribution in [3.05, 3.63) is 45.9 Å². The molecule has 4 nitrogen and oxygen atoms in total. The molecule has 0 radical (unpaired) electrons. The van der Waals surface area contributed by atoms with Crippen molar-refractivity contribution in [3.63, 3.8) is 0 Å². The van der Waals surface area contributed by atoms with Crippen LogP contribution in [-0.4, -0.2) is 17.4 Å². The van der Waals surface area contributed by atoms with Gasteiger partial charge in [-0.1, -0.05) is 13.3 Å².